The summed E-state index contributed by atoms with van der Waals surface area (Å²) in [5.74, 6) is 0.698. The summed E-state index contributed by atoms with van der Waals surface area (Å²) >= 11 is 0. The molecule has 0 aliphatic heterocycles. The second kappa shape index (κ2) is 7.72. The van der Waals surface area contributed by atoms with Crippen molar-refractivity contribution < 1.29 is 14.3 Å². The number of benzene rings is 1. The molecule has 3 rings (SSSR count). The number of fused-ring (bicyclic) bond motifs is 1. The normalized spacial score (nSPS) is 13.5. The van der Waals surface area contributed by atoms with Crippen LogP contribution < -0.4 is 15.4 Å². The molecule has 2 N–H and O–H groups in total. The maximum Gasteiger partial charge on any atom is 0.255 e. The monoisotopic (exact) mass is 355 g/mol. The lowest BCUT2D eigenvalue weighted by Crippen LogP contribution is -2.26. The topological polar surface area (TPSA) is 80.3 Å². The molecule has 1 heterocycles. The van der Waals surface area contributed by atoms with Gasteiger partial charge in [0.2, 0.25) is 0 Å². The molecule has 1 amide bonds. The van der Waals surface area contributed by atoms with Crippen LogP contribution in [0, 0.1) is 0 Å². The summed E-state index contributed by atoms with van der Waals surface area (Å²) in [6, 6.07) is 4.02. The van der Waals surface area contributed by atoms with Gasteiger partial charge in [0, 0.05) is 49.1 Å². The molecule has 1 aromatic carbocycles. The summed E-state index contributed by atoms with van der Waals surface area (Å²) in [6.45, 7) is 1.99. The van der Waals surface area contributed by atoms with E-state index in [0.717, 1.165) is 41.4 Å². The highest BCUT2D eigenvalue weighted by molar-refractivity contribution is 6.07. The maximum atomic E-state index is 12.5. The first-order chi connectivity index (χ1) is 12.6. The van der Waals surface area contributed by atoms with Crippen LogP contribution in [-0.4, -0.2) is 36.9 Å². The Labute approximate surface area is 153 Å². The second-order valence-electron chi connectivity index (χ2n) is 6.69. The van der Waals surface area contributed by atoms with Crippen LogP contribution >= 0.6 is 0 Å². The summed E-state index contributed by atoms with van der Waals surface area (Å²) in [6.07, 6.45) is 5.33. The van der Waals surface area contributed by atoms with Gasteiger partial charge in [-0.15, -0.1) is 0 Å². The van der Waals surface area contributed by atoms with Crippen molar-refractivity contribution in [2.24, 2.45) is 0 Å². The van der Waals surface area contributed by atoms with E-state index in [9.17, 15) is 9.59 Å². The van der Waals surface area contributed by atoms with Crippen molar-refractivity contribution in [2.45, 2.75) is 45.1 Å². The molecule has 1 fully saturated rings. The highest BCUT2D eigenvalue weighted by atomic mass is 16.5. The van der Waals surface area contributed by atoms with Gasteiger partial charge in [0.05, 0.1) is 23.9 Å². The summed E-state index contributed by atoms with van der Waals surface area (Å²) in [4.78, 5) is 29.1. The number of carbonyl (C=O) groups excluding carboxylic acids is 2. The van der Waals surface area contributed by atoms with Crippen molar-refractivity contribution >= 4 is 28.3 Å². The van der Waals surface area contributed by atoms with Gasteiger partial charge >= 0.3 is 0 Å². The number of anilines is 1. The zero-order valence-electron chi connectivity index (χ0n) is 15.5. The van der Waals surface area contributed by atoms with Crippen LogP contribution in [-0.2, 0) is 11.2 Å². The molecule has 2 aromatic rings. The fourth-order valence-electron chi connectivity index (χ4n) is 3.10. The number of methoxy groups -OCH3 is 1. The van der Waals surface area contributed by atoms with Gasteiger partial charge in [-0.2, -0.15) is 0 Å². The van der Waals surface area contributed by atoms with Gasteiger partial charge in [-0.3, -0.25) is 14.6 Å². The standard InChI is InChI=1S/C20H25N3O3/c1-4-5-14(24)8-12-9-15-17(10-18(12)26-3)22-11-16(19(15)21-2)20(25)23-13-6-7-13/h9-11,13H,4-8H2,1-3H3,(H,21,22)(H,23,25). The number of carbonyl (C=O) groups is 2. The quantitative estimate of drug-likeness (QED) is 0.761. The van der Waals surface area contributed by atoms with Crippen molar-refractivity contribution in [2.75, 3.05) is 19.5 Å². The van der Waals surface area contributed by atoms with E-state index in [1.165, 1.54) is 0 Å². The van der Waals surface area contributed by atoms with Crippen molar-refractivity contribution in [3.63, 3.8) is 0 Å². The predicted octanol–water partition coefficient (Wildman–Crippen LogP) is 3.09. The first-order valence-corrected chi connectivity index (χ1v) is 9.07. The van der Waals surface area contributed by atoms with Crippen molar-refractivity contribution in [1.29, 1.82) is 0 Å². The Balaban J connectivity index is 2.05. The number of hydrogen-bond donors (Lipinski definition) is 2. The third-order valence-electron chi connectivity index (χ3n) is 4.59. The Kier molecular flexibility index (Phi) is 5.40. The van der Waals surface area contributed by atoms with Gasteiger partial charge in [-0.05, 0) is 25.3 Å². The van der Waals surface area contributed by atoms with Gasteiger partial charge in [0.15, 0.2) is 0 Å². The van der Waals surface area contributed by atoms with Crippen molar-refractivity contribution in [1.82, 2.24) is 10.3 Å². The Bertz CT molecular complexity index is 844. The molecule has 0 unspecified atom stereocenters. The Morgan fingerprint density at radius 2 is 2.08 bits per heavy atom. The molecule has 0 atom stereocenters. The lowest BCUT2D eigenvalue weighted by Gasteiger charge is -2.15. The number of amides is 1. The molecule has 1 aliphatic rings. The summed E-state index contributed by atoms with van der Waals surface area (Å²) < 4.78 is 5.45. The fraction of sp³-hybridized carbons (Fsp3) is 0.450. The lowest BCUT2D eigenvalue weighted by molar-refractivity contribution is -0.118. The minimum Gasteiger partial charge on any atom is -0.496 e. The number of aromatic nitrogens is 1. The maximum absolute atomic E-state index is 12.5. The molecule has 138 valence electrons. The number of pyridine rings is 1. The van der Waals surface area contributed by atoms with E-state index in [1.807, 2.05) is 19.1 Å². The van der Waals surface area contributed by atoms with E-state index < -0.39 is 0 Å². The SMILES string of the molecule is CCCC(=O)Cc1cc2c(NC)c(C(=O)NC3CC3)cnc2cc1OC. The molecule has 0 bridgehead atoms. The molecule has 1 saturated carbocycles. The minimum atomic E-state index is -0.120. The largest absolute Gasteiger partial charge is 0.496 e. The summed E-state index contributed by atoms with van der Waals surface area (Å²) in [5, 5.41) is 6.94. The fourth-order valence-corrected chi connectivity index (χ4v) is 3.10. The predicted molar refractivity (Wildman–Crippen MR) is 102 cm³/mol. The highest BCUT2D eigenvalue weighted by Gasteiger charge is 2.25. The van der Waals surface area contributed by atoms with Crippen LogP contribution in [0.5, 0.6) is 5.75 Å². The Hall–Kier alpha value is -2.63. The first-order valence-electron chi connectivity index (χ1n) is 9.07. The van der Waals surface area contributed by atoms with Gasteiger partial charge in [0.1, 0.15) is 11.5 Å². The number of ketones is 1. The minimum absolute atomic E-state index is 0.120. The van der Waals surface area contributed by atoms with Gasteiger partial charge < -0.3 is 15.4 Å². The van der Waals surface area contributed by atoms with E-state index in [0.29, 0.717) is 24.2 Å². The molecule has 6 nitrogen and oxygen atoms in total. The van der Waals surface area contributed by atoms with Crippen LogP contribution in [0.4, 0.5) is 5.69 Å². The van der Waals surface area contributed by atoms with Crippen LogP contribution in [0.25, 0.3) is 10.9 Å². The zero-order valence-corrected chi connectivity index (χ0v) is 15.5. The molecular formula is C20H25N3O3. The van der Waals surface area contributed by atoms with E-state index in [-0.39, 0.29) is 17.7 Å². The summed E-state index contributed by atoms with van der Waals surface area (Å²) in [5.41, 5.74) is 2.78. The molecule has 26 heavy (non-hydrogen) atoms. The number of ether oxygens (including phenoxy) is 1. The molecule has 1 aliphatic carbocycles. The average molecular weight is 355 g/mol. The molecule has 6 heteroatoms. The number of hydrogen-bond acceptors (Lipinski definition) is 5. The highest BCUT2D eigenvalue weighted by Crippen LogP contribution is 2.32. The molecule has 0 spiro atoms. The van der Waals surface area contributed by atoms with E-state index in [2.05, 4.69) is 15.6 Å². The van der Waals surface area contributed by atoms with Crippen LogP contribution in [0.1, 0.15) is 48.5 Å². The first kappa shape index (κ1) is 18.2. The zero-order chi connectivity index (χ0) is 18.7. The third-order valence-corrected chi connectivity index (χ3v) is 4.59. The van der Waals surface area contributed by atoms with Crippen molar-refractivity contribution in [3.05, 3.63) is 29.5 Å². The lowest BCUT2D eigenvalue weighted by atomic mass is 10.0. The molecule has 0 radical (unpaired) electrons. The molecule has 1 aromatic heterocycles. The number of Topliss-reactive ketones (excluding diaryl/α,β-unsaturated/α-hetero) is 1. The third kappa shape index (κ3) is 3.79. The average Bonchev–Trinajstić information content (AvgIpc) is 3.44. The van der Waals surface area contributed by atoms with Crippen LogP contribution in [0.15, 0.2) is 18.3 Å². The number of nitrogens with zero attached hydrogens (tertiary/aromatic N) is 1. The van der Waals surface area contributed by atoms with E-state index in [4.69, 9.17) is 4.74 Å². The van der Waals surface area contributed by atoms with E-state index >= 15 is 0 Å². The van der Waals surface area contributed by atoms with Crippen LogP contribution in [0.2, 0.25) is 0 Å². The Morgan fingerprint density at radius 3 is 2.69 bits per heavy atom. The van der Waals surface area contributed by atoms with Gasteiger partial charge in [-0.1, -0.05) is 6.92 Å². The van der Waals surface area contributed by atoms with Gasteiger partial charge in [-0.25, -0.2) is 0 Å². The second-order valence-corrected chi connectivity index (χ2v) is 6.69. The summed E-state index contributed by atoms with van der Waals surface area (Å²) in [7, 11) is 3.38. The van der Waals surface area contributed by atoms with Gasteiger partial charge in [0.25, 0.3) is 5.91 Å². The number of nitrogens with one attached hydrogen (secondary N) is 2. The smallest absolute Gasteiger partial charge is 0.255 e. The van der Waals surface area contributed by atoms with Crippen LogP contribution in [0.3, 0.4) is 0 Å². The molecule has 0 saturated heterocycles. The van der Waals surface area contributed by atoms with E-state index in [1.54, 1.807) is 20.4 Å². The molecular weight excluding hydrogens is 330 g/mol. The van der Waals surface area contributed by atoms with Crippen molar-refractivity contribution in [3.8, 4) is 5.75 Å². The Morgan fingerprint density at radius 1 is 1.31 bits per heavy atom. The number of rotatable bonds is 8.